The van der Waals surface area contributed by atoms with Crippen molar-refractivity contribution in [3.63, 3.8) is 0 Å². The summed E-state index contributed by atoms with van der Waals surface area (Å²) in [6.07, 6.45) is 3.59. The maximum absolute atomic E-state index is 8.56. The van der Waals surface area contributed by atoms with E-state index in [-0.39, 0.29) is 0 Å². The zero-order chi connectivity index (χ0) is 7.68. The van der Waals surface area contributed by atoms with E-state index >= 15 is 0 Å². The first-order chi connectivity index (χ1) is 5.42. The average Bonchev–Trinajstić information content (AvgIpc) is 2.47. The second-order valence-corrected chi connectivity index (χ2v) is 2.14. The van der Waals surface area contributed by atoms with Crippen LogP contribution in [0, 0.1) is 17.5 Å². The predicted octanol–water partition coefficient (Wildman–Crippen LogP) is 1.17. The lowest BCUT2D eigenvalue weighted by molar-refractivity contribution is 0.928. The van der Waals surface area contributed by atoms with Gasteiger partial charge in [0.2, 0.25) is 6.19 Å². The summed E-state index contributed by atoms with van der Waals surface area (Å²) in [5.74, 6) is 0. The second kappa shape index (κ2) is 2.10. The summed E-state index contributed by atoms with van der Waals surface area (Å²) < 4.78 is 1.28. The van der Waals surface area contributed by atoms with Crippen molar-refractivity contribution >= 4 is 10.9 Å². The molecule has 2 rings (SSSR count). The maximum atomic E-state index is 8.56. The van der Waals surface area contributed by atoms with E-state index in [1.807, 2.05) is 12.3 Å². The van der Waals surface area contributed by atoms with E-state index in [1.165, 1.54) is 4.68 Å². The van der Waals surface area contributed by atoms with Crippen LogP contribution in [0.5, 0.6) is 0 Å². The van der Waals surface area contributed by atoms with Gasteiger partial charge in [0.1, 0.15) is 0 Å². The number of nitriles is 1. The number of hydrogen-bond acceptors (Lipinski definition) is 2. The first kappa shape index (κ1) is 5.93. The van der Waals surface area contributed by atoms with Crippen molar-refractivity contribution in [2.24, 2.45) is 0 Å². The maximum Gasteiger partial charge on any atom is 0.206 e. The summed E-state index contributed by atoms with van der Waals surface area (Å²) >= 11 is 0. The van der Waals surface area contributed by atoms with E-state index in [0.717, 1.165) is 10.9 Å². The Hall–Kier alpha value is -1.82. The third-order valence-corrected chi connectivity index (χ3v) is 1.51. The summed E-state index contributed by atoms with van der Waals surface area (Å²) in [4.78, 5) is 0. The van der Waals surface area contributed by atoms with E-state index < -0.39 is 0 Å². The Bertz CT molecular complexity index is 422. The molecule has 0 spiro atoms. The molecular formula is C8H4N3. The van der Waals surface area contributed by atoms with E-state index in [2.05, 4.69) is 11.2 Å². The standard InChI is InChI=1S/C8H4N3/c9-6-11-8-4-2-1-3-7(8)5-10-11/h2-5H. The topological polar surface area (TPSA) is 41.6 Å². The molecule has 0 fully saturated rings. The van der Waals surface area contributed by atoms with Crippen LogP contribution in [0.2, 0.25) is 0 Å². The van der Waals surface area contributed by atoms with Gasteiger partial charge in [-0.2, -0.15) is 15.0 Å². The predicted molar refractivity (Wildman–Crippen MR) is 39.6 cm³/mol. The molecule has 0 bridgehead atoms. The van der Waals surface area contributed by atoms with Gasteiger partial charge in [-0.1, -0.05) is 6.07 Å². The Morgan fingerprint density at radius 2 is 2.55 bits per heavy atom. The molecule has 1 aromatic heterocycles. The number of nitrogens with zero attached hydrogens (tertiary/aromatic N) is 3. The molecule has 1 aromatic carbocycles. The molecule has 0 atom stereocenters. The zero-order valence-corrected chi connectivity index (χ0v) is 5.65. The fourth-order valence-electron chi connectivity index (χ4n) is 0.993. The van der Waals surface area contributed by atoms with Crippen molar-refractivity contribution < 1.29 is 0 Å². The molecule has 11 heavy (non-hydrogen) atoms. The summed E-state index contributed by atoms with van der Waals surface area (Å²) in [6.45, 7) is 0. The molecule has 51 valence electrons. The quantitative estimate of drug-likeness (QED) is 0.554. The largest absolute Gasteiger partial charge is 0.206 e. The minimum Gasteiger partial charge on any atom is -0.170 e. The van der Waals surface area contributed by atoms with E-state index in [4.69, 9.17) is 5.26 Å². The molecule has 0 N–H and O–H groups in total. The van der Waals surface area contributed by atoms with Gasteiger partial charge in [0.25, 0.3) is 0 Å². The van der Waals surface area contributed by atoms with Crippen molar-refractivity contribution in [2.45, 2.75) is 0 Å². The smallest absolute Gasteiger partial charge is 0.170 e. The summed E-state index contributed by atoms with van der Waals surface area (Å²) in [6, 6.07) is 8.28. The normalized spacial score (nSPS) is 9.73. The van der Waals surface area contributed by atoms with Gasteiger partial charge >= 0.3 is 0 Å². The van der Waals surface area contributed by atoms with Crippen molar-refractivity contribution in [3.8, 4) is 6.19 Å². The van der Waals surface area contributed by atoms with Gasteiger partial charge in [-0.25, -0.2) is 0 Å². The minimum atomic E-state index is 0.825. The highest BCUT2D eigenvalue weighted by atomic mass is 15.3. The Labute approximate surface area is 63.5 Å². The second-order valence-electron chi connectivity index (χ2n) is 2.14. The van der Waals surface area contributed by atoms with Gasteiger partial charge in [0.05, 0.1) is 11.7 Å². The zero-order valence-electron chi connectivity index (χ0n) is 5.65. The Kier molecular flexibility index (Phi) is 1.13. The summed E-state index contributed by atoms with van der Waals surface area (Å²) in [5, 5.41) is 13.4. The minimum absolute atomic E-state index is 0.825. The number of fused-ring (bicyclic) bond motifs is 1. The van der Waals surface area contributed by atoms with Crippen LogP contribution in [0.1, 0.15) is 0 Å². The van der Waals surface area contributed by atoms with Crippen LogP contribution in [0.4, 0.5) is 0 Å². The number of benzene rings is 1. The van der Waals surface area contributed by atoms with Crippen LogP contribution < -0.4 is 0 Å². The highest BCUT2D eigenvalue weighted by Gasteiger charge is 1.97. The lowest BCUT2D eigenvalue weighted by atomic mass is 10.3. The van der Waals surface area contributed by atoms with Crippen LogP contribution >= 0.6 is 0 Å². The molecule has 0 unspecified atom stereocenters. The van der Waals surface area contributed by atoms with Crippen molar-refractivity contribution in [2.75, 3.05) is 0 Å². The fourth-order valence-corrected chi connectivity index (χ4v) is 0.993. The van der Waals surface area contributed by atoms with Gasteiger partial charge in [-0.05, 0) is 18.2 Å². The molecule has 0 saturated carbocycles. The summed E-state index contributed by atoms with van der Waals surface area (Å²) in [7, 11) is 0. The van der Waals surface area contributed by atoms with Crippen molar-refractivity contribution in [1.29, 1.82) is 5.26 Å². The van der Waals surface area contributed by atoms with Crippen molar-refractivity contribution in [3.05, 3.63) is 30.5 Å². The van der Waals surface area contributed by atoms with E-state index in [0.29, 0.717) is 0 Å². The van der Waals surface area contributed by atoms with Crippen molar-refractivity contribution in [1.82, 2.24) is 9.78 Å². The lowest BCUT2D eigenvalue weighted by Gasteiger charge is -1.86. The molecule has 0 amide bonds. The number of aromatic nitrogens is 2. The Morgan fingerprint density at radius 1 is 1.64 bits per heavy atom. The van der Waals surface area contributed by atoms with E-state index in [9.17, 15) is 0 Å². The Morgan fingerprint density at radius 3 is 3.36 bits per heavy atom. The highest BCUT2D eigenvalue weighted by Crippen LogP contribution is 2.10. The molecule has 0 aliphatic carbocycles. The molecule has 2 aromatic rings. The van der Waals surface area contributed by atoms with Crippen LogP contribution in [0.15, 0.2) is 24.4 Å². The highest BCUT2D eigenvalue weighted by molar-refractivity contribution is 5.78. The molecule has 0 aliphatic heterocycles. The molecule has 0 aliphatic rings. The van der Waals surface area contributed by atoms with Crippen LogP contribution in [-0.2, 0) is 0 Å². The van der Waals surface area contributed by atoms with Gasteiger partial charge in [-0.15, -0.1) is 0 Å². The monoisotopic (exact) mass is 142 g/mol. The van der Waals surface area contributed by atoms with Gasteiger partial charge < -0.3 is 0 Å². The first-order valence-corrected chi connectivity index (χ1v) is 3.16. The van der Waals surface area contributed by atoms with Gasteiger partial charge in [0, 0.05) is 5.39 Å². The SMILES string of the molecule is N#Cn1ncc2c[c]ccc21. The van der Waals surface area contributed by atoms with Gasteiger partial charge in [-0.3, -0.25) is 0 Å². The molecule has 3 nitrogen and oxygen atoms in total. The first-order valence-electron chi connectivity index (χ1n) is 3.16. The van der Waals surface area contributed by atoms with Crippen LogP contribution in [-0.4, -0.2) is 9.78 Å². The molecule has 1 heterocycles. The molecule has 1 radical (unpaired) electrons. The van der Waals surface area contributed by atoms with Gasteiger partial charge in [0.15, 0.2) is 0 Å². The Balaban J connectivity index is 2.89. The number of rotatable bonds is 0. The lowest BCUT2D eigenvalue weighted by Crippen LogP contribution is -1.87. The number of hydrogen-bond donors (Lipinski definition) is 0. The molecule has 3 heteroatoms. The average molecular weight is 142 g/mol. The van der Waals surface area contributed by atoms with Crippen LogP contribution in [0.25, 0.3) is 10.9 Å². The third kappa shape index (κ3) is 0.767. The van der Waals surface area contributed by atoms with E-state index in [1.54, 1.807) is 18.3 Å². The molecular weight excluding hydrogens is 138 g/mol. The van der Waals surface area contributed by atoms with Crippen LogP contribution in [0.3, 0.4) is 0 Å². The fraction of sp³-hybridized carbons (Fsp3) is 0. The molecule has 0 saturated heterocycles. The third-order valence-electron chi connectivity index (χ3n) is 1.51. The summed E-state index contributed by atoms with van der Waals surface area (Å²) in [5.41, 5.74) is 0.825.